The van der Waals surface area contributed by atoms with Gasteiger partial charge in [0, 0.05) is 22.0 Å². The van der Waals surface area contributed by atoms with Crippen molar-refractivity contribution in [3.63, 3.8) is 0 Å². The van der Waals surface area contributed by atoms with E-state index in [9.17, 15) is 4.79 Å². The number of aromatic nitrogens is 2. The van der Waals surface area contributed by atoms with E-state index in [0.29, 0.717) is 19.1 Å². The van der Waals surface area contributed by atoms with Crippen LogP contribution >= 0.6 is 20.3 Å². The molecule has 18 heavy (non-hydrogen) atoms. The van der Waals surface area contributed by atoms with Crippen LogP contribution in [0.2, 0.25) is 5.02 Å². The van der Waals surface area contributed by atoms with E-state index < -0.39 is 0 Å². The molecule has 5 heteroatoms. The molecule has 90 valence electrons. The molecule has 0 radical (unpaired) electrons. The van der Waals surface area contributed by atoms with Crippen LogP contribution in [-0.2, 0) is 0 Å². The summed E-state index contributed by atoms with van der Waals surface area (Å²) in [6.45, 7) is 1.98. The van der Waals surface area contributed by atoms with Gasteiger partial charge in [-0.2, -0.15) is 0 Å². The molecule has 1 atom stereocenters. The van der Waals surface area contributed by atoms with Crippen molar-refractivity contribution in [1.82, 2.24) is 9.32 Å². The van der Waals surface area contributed by atoms with E-state index in [4.69, 9.17) is 11.6 Å². The van der Waals surface area contributed by atoms with Gasteiger partial charge in [0.2, 0.25) is 0 Å². The third kappa shape index (κ3) is 1.63. The molecule has 1 aromatic carbocycles. The fourth-order valence-electron chi connectivity index (χ4n) is 2.17. The average Bonchev–Trinajstić information content (AvgIpc) is 2.39. The topological polar surface area (TPSA) is 34.9 Å². The van der Waals surface area contributed by atoms with Gasteiger partial charge in [-0.05, 0) is 39.0 Å². The summed E-state index contributed by atoms with van der Waals surface area (Å²) in [4.78, 5) is 16.5. The first-order chi connectivity index (χ1) is 8.72. The lowest BCUT2D eigenvalue weighted by atomic mass is 10.1. The van der Waals surface area contributed by atoms with Gasteiger partial charge in [0.25, 0.3) is 5.56 Å². The van der Waals surface area contributed by atoms with Gasteiger partial charge >= 0.3 is 0 Å². The molecule has 0 fully saturated rings. The van der Waals surface area contributed by atoms with E-state index in [1.165, 1.54) is 0 Å². The summed E-state index contributed by atoms with van der Waals surface area (Å²) >= 11 is 5.98. The molecule has 1 unspecified atom stereocenters. The van der Waals surface area contributed by atoms with Crippen molar-refractivity contribution >= 4 is 42.0 Å². The van der Waals surface area contributed by atoms with Crippen molar-refractivity contribution in [2.24, 2.45) is 0 Å². The zero-order valence-electron chi connectivity index (χ0n) is 9.64. The lowest BCUT2D eigenvalue weighted by Gasteiger charge is -2.10. The Morgan fingerprint density at radius 3 is 2.83 bits per heavy atom. The predicted molar refractivity (Wildman–Crippen MR) is 78.2 cm³/mol. The summed E-state index contributed by atoms with van der Waals surface area (Å²) in [7, 11) is 0.364. The Morgan fingerprint density at radius 1 is 1.22 bits per heavy atom. The van der Waals surface area contributed by atoms with Crippen LogP contribution in [0.3, 0.4) is 0 Å². The van der Waals surface area contributed by atoms with Crippen LogP contribution in [0.5, 0.6) is 0 Å². The first-order valence-corrected chi connectivity index (χ1v) is 7.30. The van der Waals surface area contributed by atoms with Crippen LogP contribution < -0.4 is 5.56 Å². The number of halogens is 1. The number of benzene rings is 1. The zero-order chi connectivity index (χ0) is 12.7. The molecule has 2 heterocycles. The minimum Gasteiger partial charge on any atom is -0.288 e. The summed E-state index contributed by atoms with van der Waals surface area (Å²) < 4.78 is 1.75. The Hall–Kier alpha value is -1.44. The van der Waals surface area contributed by atoms with E-state index in [-0.39, 0.29) is 5.56 Å². The molecule has 2 aromatic heterocycles. The van der Waals surface area contributed by atoms with Crippen molar-refractivity contribution < 1.29 is 0 Å². The quantitative estimate of drug-likeness (QED) is 0.505. The van der Waals surface area contributed by atoms with E-state index in [1.54, 1.807) is 22.8 Å². The van der Waals surface area contributed by atoms with E-state index in [2.05, 4.69) is 4.98 Å². The Bertz CT molecular complexity index is 813. The van der Waals surface area contributed by atoms with E-state index in [0.717, 1.165) is 16.3 Å². The predicted octanol–water partition coefficient (Wildman–Crippen LogP) is 3.27. The molecule has 0 saturated heterocycles. The second kappa shape index (κ2) is 4.34. The van der Waals surface area contributed by atoms with Crippen LogP contribution in [0.4, 0.5) is 0 Å². The highest BCUT2D eigenvalue weighted by molar-refractivity contribution is 7.35. The van der Waals surface area contributed by atoms with Crippen LogP contribution in [0, 0.1) is 0 Å². The molecule has 0 bridgehead atoms. The molecule has 0 aliphatic heterocycles. The first kappa shape index (κ1) is 11.6. The summed E-state index contributed by atoms with van der Waals surface area (Å²) in [5, 5.41) is 3.21. The number of pyridine rings is 2. The van der Waals surface area contributed by atoms with Gasteiger partial charge in [0.15, 0.2) is 0 Å². The second-order valence-corrected chi connectivity index (χ2v) is 5.28. The van der Waals surface area contributed by atoms with Gasteiger partial charge < -0.3 is 0 Å². The largest absolute Gasteiger partial charge is 0.288 e. The van der Waals surface area contributed by atoms with Crippen molar-refractivity contribution in [3.05, 3.63) is 52.0 Å². The average molecular weight is 277 g/mol. The Labute approximate surface area is 110 Å². The van der Waals surface area contributed by atoms with Gasteiger partial charge in [0.05, 0.1) is 11.7 Å². The van der Waals surface area contributed by atoms with Crippen LogP contribution in [0.25, 0.3) is 21.7 Å². The lowest BCUT2D eigenvalue weighted by molar-refractivity contribution is 1.21. The Morgan fingerprint density at radius 2 is 2.06 bits per heavy atom. The van der Waals surface area contributed by atoms with Gasteiger partial charge in [-0.25, -0.2) is 0 Å². The summed E-state index contributed by atoms with van der Waals surface area (Å²) in [6, 6.07) is 7.36. The lowest BCUT2D eigenvalue weighted by Crippen LogP contribution is -2.14. The Balaban J connectivity index is 2.66. The fourth-order valence-corrected chi connectivity index (χ4v) is 3.09. The fraction of sp³-hybridized carbons (Fsp3) is 0.0769. The SMILES string of the molecule is CPn1c(=O)c2cc(Cl)ccc2c2ccncc21. The third-order valence-electron chi connectivity index (χ3n) is 2.97. The molecule has 0 N–H and O–H groups in total. The van der Waals surface area contributed by atoms with Crippen molar-refractivity contribution in [1.29, 1.82) is 0 Å². The molecule has 3 aromatic rings. The molecular weight excluding hydrogens is 267 g/mol. The maximum Gasteiger partial charge on any atom is 0.262 e. The molecule has 0 saturated carbocycles. The summed E-state index contributed by atoms with van der Waals surface area (Å²) in [5.41, 5.74) is 0.868. The highest BCUT2D eigenvalue weighted by Gasteiger charge is 2.09. The zero-order valence-corrected chi connectivity index (χ0v) is 11.4. The monoisotopic (exact) mass is 276 g/mol. The number of hydrogen-bond acceptors (Lipinski definition) is 2. The number of nitrogens with zero attached hydrogens (tertiary/aromatic N) is 2. The molecule has 0 amide bonds. The maximum atomic E-state index is 12.4. The first-order valence-electron chi connectivity index (χ1n) is 5.48. The van der Waals surface area contributed by atoms with Crippen molar-refractivity contribution in [2.75, 3.05) is 6.66 Å². The summed E-state index contributed by atoms with van der Waals surface area (Å²) in [5.74, 6) is 0. The number of rotatable bonds is 1. The van der Waals surface area contributed by atoms with E-state index >= 15 is 0 Å². The molecule has 0 aliphatic rings. The highest BCUT2D eigenvalue weighted by Crippen LogP contribution is 2.26. The molecule has 3 rings (SSSR count). The van der Waals surface area contributed by atoms with Gasteiger partial charge in [0.1, 0.15) is 0 Å². The number of hydrogen-bond donors (Lipinski definition) is 0. The normalized spacial score (nSPS) is 11.9. The van der Waals surface area contributed by atoms with Crippen LogP contribution in [-0.4, -0.2) is 16.0 Å². The smallest absolute Gasteiger partial charge is 0.262 e. The summed E-state index contributed by atoms with van der Waals surface area (Å²) in [6.07, 6.45) is 3.48. The van der Waals surface area contributed by atoms with Crippen molar-refractivity contribution in [2.45, 2.75) is 0 Å². The Kier molecular flexibility index (Phi) is 2.81. The van der Waals surface area contributed by atoms with Gasteiger partial charge in [-0.15, -0.1) is 0 Å². The molecule has 0 aliphatic carbocycles. The highest BCUT2D eigenvalue weighted by atomic mass is 35.5. The maximum absolute atomic E-state index is 12.4. The number of fused-ring (bicyclic) bond motifs is 3. The molecule has 3 nitrogen and oxygen atoms in total. The van der Waals surface area contributed by atoms with Gasteiger partial charge in [-0.1, -0.05) is 17.7 Å². The minimum atomic E-state index is -0.00571. The minimum absolute atomic E-state index is 0.00571. The second-order valence-electron chi connectivity index (χ2n) is 3.95. The standard InChI is InChI=1S/C13H10ClN2OP/c1-18-16-12-7-15-5-4-10(12)9-3-2-8(14)6-11(9)13(16)17/h2-7,18H,1H3. The molecule has 0 spiro atoms. The van der Waals surface area contributed by atoms with Crippen LogP contribution in [0.15, 0.2) is 41.5 Å². The molecular formula is C13H10ClN2OP. The van der Waals surface area contributed by atoms with Crippen LogP contribution in [0.1, 0.15) is 0 Å². The van der Waals surface area contributed by atoms with Crippen molar-refractivity contribution in [3.8, 4) is 0 Å². The third-order valence-corrected chi connectivity index (χ3v) is 4.10. The van der Waals surface area contributed by atoms with E-state index in [1.807, 2.05) is 24.9 Å². The van der Waals surface area contributed by atoms with Gasteiger partial charge in [-0.3, -0.25) is 14.1 Å².